The highest BCUT2D eigenvalue weighted by atomic mass is 16.7. The molecule has 0 unspecified atom stereocenters. The Labute approximate surface area is 558 Å². The van der Waals surface area contributed by atoms with E-state index in [-0.39, 0.29) is 32.3 Å². The summed E-state index contributed by atoms with van der Waals surface area (Å²) >= 11 is 0. The molecule has 2 aliphatic heterocycles. The Morgan fingerprint density at radius 1 is 0.452 bits per heavy atom. The molecule has 1 amide bonds. The molecule has 0 spiro atoms. The molecule has 93 heavy (non-hydrogen) atoms. The van der Waals surface area contributed by atoms with Crippen molar-refractivity contribution in [1.82, 2.24) is 5.32 Å². The van der Waals surface area contributed by atoms with Crippen molar-refractivity contribution in [2.24, 2.45) is 5.92 Å². The summed E-state index contributed by atoms with van der Waals surface area (Å²) in [6, 6.07) is 60.6. The van der Waals surface area contributed by atoms with E-state index in [2.05, 4.69) is 97.2 Å². The summed E-state index contributed by atoms with van der Waals surface area (Å²) in [6.07, 6.45) is 19.3. The average Bonchev–Trinajstić information content (AvgIpc) is 1.02. The molecule has 2 saturated heterocycles. The van der Waals surface area contributed by atoms with E-state index in [9.17, 15) is 4.79 Å². The first-order valence-corrected chi connectivity index (χ1v) is 35.7. The first-order valence-electron chi connectivity index (χ1n) is 35.7. The van der Waals surface area contributed by atoms with E-state index in [1.807, 2.05) is 97.1 Å². The fraction of sp³-hybridized carbons (Fsp3) is 0.543. The standard InChI is InChI=1S/C81H111NO11/c1-2-3-4-5-6-7-8-9-10-11-12-33-50-74(87-59-68-39-23-16-24-40-68)77(88-60-69-41-25-17-26-42-69)73(82-76(83)51-34-13-14-35-54-84-55-36-49-66-52-56-85-57-53-66)64-92-81-80(91-63-72-47-31-20-32-48-72)79(90-62-71-45-29-19-30-46-71)78(89-61-70-43-27-18-28-44-70)75(93-81)65-86-58-67-37-21-15-22-38-67/h15-32,37-48,66,73-75,77-81H,2-14,33-36,49-65H2,1H3,(H,82,83)/t73-,74+,75+,77-,78+,79-,80+,81-/m0/s1. The van der Waals surface area contributed by atoms with Gasteiger partial charge in [-0.3, -0.25) is 4.79 Å². The van der Waals surface area contributed by atoms with Crippen LogP contribution in [0.5, 0.6) is 0 Å². The fourth-order valence-electron chi connectivity index (χ4n) is 12.6. The largest absolute Gasteiger partial charge is 0.381 e. The molecule has 2 fully saturated rings. The van der Waals surface area contributed by atoms with Crippen LogP contribution in [0.1, 0.15) is 182 Å². The second-order valence-electron chi connectivity index (χ2n) is 25.6. The molecule has 8 atom stereocenters. The van der Waals surface area contributed by atoms with Gasteiger partial charge in [-0.1, -0.05) is 279 Å². The third-order valence-corrected chi connectivity index (χ3v) is 18.0. The summed E-state index contributed by atoms with van der Waals surface area (Å²) < 4.78 is 68.5. The van der Waals surface area contributed by atoms with E-state index in [1.165, 1.54) is 64.2 Å². The second kappa shape index (κ2) is 45.7. The molecule has 12 nitrogen and oxygen atoms in total. The summed E-state index contributed by atoms with van der Waals surface area (Å²) in [5, 5.41) is 3.53. The molecule has 12 heteroatoms. The SMILES string of the molecule is CCCCCCCCCCCCCC[C@@H](OCc1ccccc1)[C@@H](OCc1ccccc1)[C@H](CO[C@H]1O[C@H](COCc2ccccc2)[C@@H](OCc2ccccc2)[C@H](OCc2ccccc2)[C@H]1OCc1ccccc1)NC(=O)CCCCCCOCCCC1CCOCC1. The minimum absolute atomic E-state index is 0.00903. The van der Waals surface area contributed by atoms with Crippen LogP contribution in [-0.2, 0) is 91.8 Å². The number of hydrogen-bond donors (Lipinski definition) is 1. The molecular weight excluding hydrogens is 1160 g/mol. The quantitative estimate of drug-likeness (QED) is 0.0368. The monoisotopic (exact) mass is 1270 g/mol. The van der Waals surface area contributed by atoms with Gasteiger partial charge in [0, 0.05) is 32.8 Å². The summed E-state index contributed by atoms with van der Waals surface area (Å²) in [4.78, 5) is 14.8. The Kier molecular flexibility index (Phi) is 36.0. The number of rotatable bonds is 49. The van der Waals surface area contributed by atoms with Gasteiger partial charge in [-0.25, -0.2) is 0 Å². The third kappa shape index (κ3) is 29.1. The summed E-state index contributed by atoms with van der Waals surface area (Å²) in [7, 11) is 0. The lowest BCUT2D eigenvalue weighted by atomic mass is 9.95. The van der Waals surface area contributed by atoms with Crippen LogP contribution >= 0.6 is 0 Å². The fourth-order valence-corrected chi connectivity index (χ4v) is 12.6. The number of carbonyl (C=O) groups is 1. The molecule has 6 aromatic carbocycles. The minimum atomic E-state index is -1.02. The van der Waals surface area contributed by atoms with Crippen LogP contribution in [0.3, 0.4) is 0 Å². The van der Waals surface area contributed by atoms with E-state index < -0.39 is 49.0 Å². The normalized spacial score (nSPS) is 18.7. The maximum absolute atomic E-state index is 14.8. The molecule has 0 aromatic heterocycles. The molecule has 0 aliphatic carbocycles. The van der Waals surface area contributed by atoms with E-state index in [0.29, 0.717) is 32.8 Å². The zero-order chi connectivity index (χ0) is 64.3. The lowest BCUT2D eigenvalue weighted by Gasteiger charge is -2.46. The number of hydrogen-bond acceptors (Lipinski definition) is 11. The molecule has 6 aromatic rings. The van der Waals surface area contributed by atoms with Crippen molar-refractivity contribution in [3.05, 3.63) is 215 Å². The molecule has 0 saturated carbocycles. The molecule has 0 bridgehead atoms. The number of carbonyl (C=O) groups excluding carboxylic acids is 1. The lowest BCUT2D eigenvalue weighted by molar-refractivity contribution is -0.330. The Morgan fingerprint density at radius 3 is 1.43 bits per heavy atom. The third-order valence-electron chi connectivity index (χ3n) is 18.0. The van der Waals surface area contributed by atoms with Crippen molar-refractivity contribution >= 4 is 5.91 Å². The molecule has 0 radical (unpaired) electrons. The van der Waals surface area contributed by atoms with Gasteiger partial charge in [0.15, 0.2) is 6.29 Å². The topological polar surface area (TPSA) is 121 Å². The highest BCUT2D eigenvalue weighted by molar-refractivity contribution is 5.76. The molecule has 8 rings (SSSR count). The van der Waals surface area contributed by atoms with Crippen molar-refractivity contribution in [3.63, 3.8) is 0 Å². The van der Waals surface area contributed by atoms with Gasteiger partial charge in [0.2, 0.25) is 5.91 Å². The van der Waals surface area contributed by atoms with Crippen LogP contribution in [0.25, 0.3) is 0 Å². The van der Waals surface area contributed by atoms with Crippen molar-refractivity contribution in [3.8, 4) is 0 Å². The number of ether oxygens (including phenoxy) is 10. The van der Waals surface area contributed by atoms with Gasteiger partial charge in [-0.15, -0.1) is 0 Å². The van der Waals surface area contributed by atoms with E-state index in [1.54, 1.807) is 0 Å². The first kappa shape index (κ1) is 73.2. The predicted octanol–water partition coefficient (Wildman–Crippen LogP) is 17.6. The average molecular weight is 1270 g/mol. The molecular formula is C81H111NO11. The highest BCUT2D eigenvalue weighted by Gasteiger charge is 2.50. The van der Waals surface area contributed by atoms with E-state index in [4.69, 9.17) is 47.4 Å². The molecule has 506 valence electrons. The van der Waals surface area contributed by atoms with Gasteiger partial charge in [0.05, 0.1) is 65.0 Å². The summed E-state index contributed by atoms with van der Waals surface area (Å²) in [6.45, 7) is 7.65. The van der Waals surface area contributed by atoms with Gasteiger partial charge in [-0.05, 0) is 84.2 Å². The zero-order valence-corrected chi connectivity index (χ0v) is 56.0. The lowest BCUT2D eigenvalue weighted by Crippen LogP contribution is -2.62. The van der Waals surface area contributed by atoms with Crippen LogP contribution in [0.2, 0.25) is 0 Å². The van der Waals surface area contributed by atoms with Crippen LogP contribution in [0.15, 0.2) is 182 Å². The number of amides is 1. The maximum atomic E-state index is 14.8. The summed E-state index contributed by atoms with van der Waals surface area (Å²) in [5.74, 6) is 0.687. The Bertz CT molecular complexity index is 2760. The van der Waals surface area contributed by atoms with Crippen LogP contribution in [-0.4, -0.2) is 94.5 Å². The predicted molar refractivity (Wildman–Crippen MR) is 370 cm³/mol. The smallest absolute Gasteiger partial charge is 0.220 e. The molecule has 1 N–H and O–H groups in total. The van der Waals surface area contributed by atoms with Crippen molar-refractivity contribution in [1.29, 1.82) is 0 Å². The number of unbranched alkanes of at least 4 members (excludes halogenated alkanes) is 14. The molecule has 2 aliphatic rings. The van der Waals surface area contributed by atoms with E-state index in [0.717, 1.165) is 136 Å². The van der Waals surface area contributed by atoms with E-state index >= 15 is 0 Å². The van der Waals surface area contributed by atoms with Crippen LogP contribution in [0.4, 0.5) is 0 Å². The second-order valence-corrected chi connectivity index (χ2v) is 25.6. The van der Waals surface area contributed by atoms with Gasteiger partial charge in [-0.2, -0.15) is 0 Å². The maximum Gasteiger partial charge on any atom is 0.220 e. The van der Waals surface area contributed by atoms with Gasteiger partial charge in [0.25, 0.3) is 0 Å². The Hall–Kier alpha value is -5.61. The van der Waals surface area contributed by atoms with Gasteiger partial charge < -0.3 is 52.7 Å². The van der Waals surface area contributed by atoms with Gasteiger partial charge >= 0.3 is 0 Å². The number of nitrogens with one attached hydrogen (secondary N) is 1. The van der Waals surface area contributed by atoms with Crippen LogP contribution in [0, 0.1) is 5.92 Å². The number of benzene rings is 6. The summed E-state index contributed by atoms with van der Waals surface area (Å²) in [5.41, 5.74) is 6.12. The minimum Gasteiger partial charge on any atom is -0.381 e. The van der Waals surface area contributed by atoms with Crippen molar-refractivity contribution in [2.75, 3.05) is 39.6 Å². The zero-order valence-electron chi connectivity index (χ0n) is 56.0. The van der Waals surface area contributed by atoms with Crippen molar-refractivity contribution < 1.29 is 52.2 Å². The Balaban J connectivity index is 1.07. The Morgan fingerprint density at radius 2 is 0.892 bits per heavy atom. The van der Waals surface area contributed by atoms with Crippen LogP contribution < -0.4 is 5.32 Å². The first-order chi connectivity index (χ1) is 46.1. The van der Waals surface area contributed by atoms with Crippen molar-refractivity contribution in [2.45, 2.75) is 237 Å². The highest BCUT2D eigenvalue weighted by Crippen LogP contribution is 2.33. The van der Waals surface area contributed by atoms with Gasteiger partial charge in [0.1, 0.15) is 30.5 Å². The molecule has 2 heterocycles.